The third kappa shape index (κ3) is 5.49. The fourth-order valence-electron chi connectivity index (χ4n) is 3.80. The Morgan fingerprint density at radius 1 is 0.914 bits per heavy atom. The Labute approximate surface area is 206 Å². The van der Waals surface area contributed by atoms with Crippen molar-refractivity contribution in [2.24, 2.45) is 5.41 Å². The van der Waals surface area contributed by atoms with E-state index in [1.807, 2.05) is 81.4 Å². The molecule has 1 aliphatic rings. The van der Waals surface area contributed by atoms with E-state index in [1.54, 1.807) is 26.0 Å². The fourth-order valence-corrected chi connectivity index (χ4v) is 3.80. The van der Waals surface area contributed by atoms with Gasteiger partial charge in [0.2, 0.25) is 11.8 Å². The van der Waals surface area contributed by atoms with E-state index in [0.717, 1.165) is 17.4 Å². The summed E-state index contributed by atoms with van der Waals surface area (Å²) >= 11 is 0. The predicted octanol–water partition coefficient (Wildman–Crippen LogP) is 4.55. The molecule has 184 valence electrons. The number of rotatable bonds is 5. The van der Waals surface area contributed by atoms with Crippen LogP contribution in [0.5, 0.6) is 11.8 Å². The Balaban J connectivity index is 0.000000795. The first-order valence-electron chi connectivity index (χ1n) is 11.2. The lowest BCUT2D eigenvalue weighted by atomic mass is 9.71. The number of carbonyl (C=O) groups is 2. The molecule has 1 unspecified atom stereocenters. The minimum Gasteiger partial charge on any atom is -0.481 e. The molecule has 4 rings (SSSR count). The van der Waals surface area contributed by atoms with Crippen molar-refractivity contribution >= 4 is 18.1 Å². The second kappa shape index (κ2) is 10.2. The molecule has 35 heavy (non-hydrogen) atoms. The quantitative estimate of drug-likeness (QED) is 0.536. The number of nitrogens with zero attached hydrogens (tertiary/aromatic N) is 4. The van der Waals surface area contributed by atoms with Crippen LogP contribution in [0.25, 0.3) is 11.3 Å². The third-order valence-electron chi connectivity index (χ3n) is 5.65. The van der Waals surface area contributed by atoms with Crippen LogP contribution in [0.15, 0.2) is 48.5 Å². The van der Waals surface area contributed by atoms with Crippen molar-refractivity contribution in [1.29, 1.82) is 0 Å². The lowest BCUT2D eigenvalue weighted by Gasteiger charge is -2.35. The first-order chi connectivity index (χ1) is 16.4. The molecule has 3 aromatic rings. The molecule has 0 saturated carbocycles. The van der Waals surface area contributed by atoms with E-state index < -0.39 is 17.3 Å². The van der Waals surface area contributed by atoms with Gasteiger partial charge in [-0.25, -0.2) is 4.98 Å². The van der Waals surface area contributed by atoms with E-state index in [2.05, 4.69) is 9.97 Å². The van der Waals surface area contributed by atoms with E-state index in [9.17, 15) is 14.7 Å². The summed E-state index contributed by atoms with van der Waals surface area (Å²) < 4.78 is 6.08. The molecule has 0 aliphatic carbocycles. The Morgan fingerprint density at radius 2 is 1.46 bits per heavy atom. The summed E-state index contributed by atoms with van der Waals surface area (Å²) in [5, 5.41) is 9.95. The fraction of sp³-hybridized carbons (Fsp3) is 0.333. The van der Waals surface area contributed by atoms with Gasteiger partial charge < -0.3 is 19.6 Å². The van der Waals surface area contributed by atoms with Crippen LogP contribution in [-0.4, -0.2) is 67.5 Å². The summed E-state index contributed by atoms with van der Waals surface area (Å²) in [6.07, 6.45) is 0.788. The van der Waals surface area contributed by atoms with Crippen LogP contribution in [0.1, 0.15) is 41.3 Å². The van der Waals surface area contributed by atoms with Crippen LogP contribution in [0.4, 0.5) is 5.82 Å². The summed E-state index contributed by atoms with van der Waals surface area (Å²) in [6, 6.07) is 14.5. The number of aliphatic carboxylic acids is 1. The molecule has 8 nitrogen and oxygen atoms in total. The highest BCUT2D eigenvalue weighted by atomic mass is 16.5. The number of ether oxygens (including phenoxy) is 1. The van der Waals surface area contributed by atoms with Gasteiger partial charge in [0.1, 0.15) is 12.1 Å². The number of carbonyl (C=O) groups excluding carboxylic acids is 1. The van der Waals surface area contributed by atoms with Crippen molar-refractivity contribution in [2.45, 2.75) is 19.8 Å². The van der Waals surface area contributed by atoms with Gasteiger partial charge in [0, 0.05) is 42.3 Å². The molecule has 0 amide bonds. The molecule has 1 aromatic carbocycles. The normalized spacial score (nSPS) is 14.1. The smallest absolute Gasteiger partial charge is 0.310 e. The Kier molecular flexibility index (Phi) is 7.55. The van der Waals surface area contributed by atoms with Gasteiger partial charge >= 0.3 is 5.97 Å². The lowest BCUT2D eigenvalue weighted by Crippen LogP contribution is -2.34. The summed E-state index contributed by atoms with van der Waals surface area (Å²) in [5.41, 5.74) is 2.38. The molecule has 1 aliphatic heterocycles. The molecule has 1 N–H and O–H groups in total. The largest absolute Gasteiger partial charge is 0.481 e. The standard InChI is InChI=1S/C24H23N3O4.C3H9N/c1-24(2,23(29)30)20-16-9-11-18(15-7-5-14(13-28)6-8-15)25-21(16)31-22-17(20)10-12-19(26-22)27(3)4;1-4(2)3/h5-13,20H,1-4H3,(H,29,30);1-3H3. The number of pyridine rings is 2. The number of fused-ring (bicyclic) bond motifs is 2. The molecule has 0 saturated heterocycles. The van der Waals surface area contributed by atoms with E-state index in [4.69, 9.17) is 4.74 Å². The number of aldehydes is 1. The maximum atomic E-state index is 12.1. The van der Waals surface area contributed by atoms with E-state index >= 15 is 0 Å². The van der Waals surface area contributed by atoms with Crippen LogP contribution in [0.3, 0.4) is 0 Å². The minimum absolute atomic E-state index is 0.340. The lowest BCUT2D eigenvalue weighted by molar-refractivity contribution is -0.147. The van der Waals surface area contributed by atoms with Gasteiger partial charge in [0.15, 0.2) is 0 Å². The average molecular weight is 477 g/mol. The van der Waals surface area contributed by atoms with Gasteiger partial charge in [0.25, 0.3) is 0 Å². The van der Waals surface area contributed by atoms with Gasteiger partial charge in [-0.15, -0.1) is 0 Å². The van der Waals surface area contributed by atoms with Crippen LogP contribution < -0.4 is 9.64 Å². The van der Waals surface area contributed by atoms with Crippen LogP contribution >= 0.6 is 0 Å². The molecule has 0 spiro atoms. The SMILES string of the molecule is CN(C)C.CN(C)c1ccc2c(n1)Oc1nc(-c3ccc(C=O)cc3)ccc1C2C(C)(C)C(=O)O. The van der Waals surface area contributed by atoms with Crippen LogP contribution in [-0.2, 0) is 4.79 Å². The van der Waals surface area contributed by atoms with Crippen molar-refractivity contribution in [3.8, 4) is 23.0 Å². The van der Waals surface area contributed by atoms with Crippen molar-refractivity contribution in [1.82, 2.24) is 14.9 Å². The third-order valence-corrected chi connectivity index (χ3v) is 5.65. The molecule has 2 aromatic heterocycles. The van der Waals surface area contributed by atoms with E-state index in [1.165, 1.54) is 0 Å². The van der Waals surface area contributed by atoms with Gasteiger partial charge in [0.05, 0.1) is 11.1 Å². The Bertz CT molecular complexity index is 1220. The van der Waals surface area contributed by atoms with Crippen molar-refractivity contribution < 1.29 is 19.4 Å². The second-order valence-electron chi connectivity index (χ2n) is 9.69. The molecular formula is C27H32N4O4. The zero-order chi connectivity index (χ0) is 25.9. The number of benzene rings is 1. The van der Waals surface area contributed by atoms with E-state index in [-0.39, 0.29) is 0 Å². The van der Waals surface area contributed by atoms with Crippen LogP contribution in [0, 0.1) is 5.41 Å². The zero-order valence-corrected chi connectivity index (χ0v) is 21.2. The van der Waals surface area contributed by atoms with Crippen LogP contribution in [0.2, 0.25) is 0 Å². The number of carboxylic acid groups (broad SMARTS) is 1. The van der Waals surface area contributed by atoms with Crippen molar-refractivity contribution in [3.05, 3.63) is 65.2 Å². The monoisotopic (exact) mass is 476 g/mol. The first kappa shape index (κ1) is 25.8. The molecule has 0 bridgehead atoms. The Hall–Kier alpha value is -3.78. The zero-order valence-electron chi connectivity index (χ0n) is 21.2. The first-order valence-corrected chi connectivity index (χ1v) is 11.2. The topological polar surface area (TPSA) is 95.9 Å². The maximum Gasteiger partial charge on any atom is 0.310 e. The average Bonchev–Trinajstić information content (AvgIpc) is 2.81. The summed E-state index contributed by atoms with van der Waals surface area (Å²) in [6.45, 7) is 3.40. The minimum atomic E-state index is -1.11. The second-order valence-corrected chi connectivity index (χ2v) is 9.69. The molecule has 3 heterocycles. The van der Waals surface area contributed by atoms with Gasteiger partial charge in [-0.1, -0.05) is 30.3 Å². The number of hydrogen-bond donors (Lipinski definition) is 1. The molecular weight excluding hydrogens is 444 g/mol. The highest BCUT2D eigenvalue weighted by molar-refractivity contribution is 5.78. The predicted molar refractivity (Wildman–Crippen MR) is 137 cm³/mol. The Morgan fingerprint density at radius 3 is 1.97 bits per heavy atom. The molecule has 1 atom stereocenters. The summed E-state index contributed by atoms with van der Waals surface area (Å²) in [7, 11) is 9.76. The van der Waals surface area contributed by atoms with Crippen molar-refractivity contribution in [2.75, 3.05) is 40.1 Å². The maximum absolute atomic E-state index is 12.1. The summed E-state index contributed by atoms with van der Waals surface area (Å²) in [4.78, 5) is 36.2. The van der Waals surface area contributed by atoms with E-state index in [0.29, 0.717) is 34.4 Å². The number of anilines is 1. The highest BCUT2D eigenvalue weighted by Gasteiger charge is 2.44. The number of aromatic nitrogens is 2. The number of carboxylic acids is 1. The number of hydrogen-bond acceptors (Lipinski definition) is 7. The van der Waals surface area contributed by atoms with Crippen molar-refractivity contribution in [3.63, 3.8) is 0 Å². The van der Waals surface area contributed by atoms with Gasteiger partial charge in [-0.2, -0.15) is 4.98 Å². The van der Waals surface area contributed by atoms with Gasteiger partial charge in [-0.05, 0) is 53.2 Å². The highest BCUT2D eigenvalue weighted by Crippen LogP contribution is 2.51. The molecule has 0 radical (unpaired) electrons. The summed E-state index contributed by atoms with van der Waals surface area (Å²) in [5.74, 6) is 0.00817. The van der Waals surface area contributed by atoms with Gasteiger partial charge in [-0.3, -0.25) is 9.59 Å². The molecule has 0 fully saturated rings. The molecule has 8 heteroatoms.